The van der Waals surface area contributed by atoms with Crippen LogP contribution in [0.1, 0.15) is 12.6 Å². The summed E-state index contributed by atoms with van der Waals surface area (Å²) < 4.78 is 6.65. The van der Waals surface area contributed by atoms with E-state index in [1.54, 1.807) is 0 Å². The molecule has 2 heterocycles. The molecule has 102 valence electrons. The molecule has 1 aliphatic rings. The van der Waals surface area contributed by atoms with Crippen LogP contribution in [-0.4, -0.2) is 38.1 Å². The number of aliphatic hydroxyl groups excluding tert-OH is 2. The van der Waals surface area contributed by atoms with Gasteiger partial charge in [0.1, 0.15) is 12.3 Å². The van der Waals surface area contributed by atoms with E-state index in [0.717, 1.165) is 4.57 Å². The molecule has 0 amide bonds. The number of aromatic nitrogens is 2. The number of terminal acetylenes is 1. The maximum Gasteiger partial charge on any atom is 0.330 e. The molecule has 1 aliphatic heterocycles. The van der Waals surface area contributed by atoms with Crippen molar-refractivity contribution in [3.05, 3.63) is 31.5 Å². The van der Waals surface area contributed by atoms with Gasteiger partial charge in [-0.15, -0.1) is 6.42 Å². The van der Waals surface area contributed by atoms with Crippen molar-refractivity contribution < 1.29 is 14.9 Å². The summed E-state index contributed by atoms with van der Waals surface area (Å²) in [6.07, 6.45) is 4.57. The van der Waals surface area contributed by atoms with Gasteiger partial charge in [-0.1, -0.05) is 5.92 Å². The Labute approximate surface area is 116 Å². The molecule has 3 atom stereocenters. The molecule has 0 saturated carbocycles. The first-order valence-corrected chi connectivity index (χ1v) is 6.18. The normalized spacial score (nSPS) is 30.2. The standard InChI is InChI=1S/C11H11BrN2O5/c1-2-11(5-15)7(16)3-8(19-11)14-4-6(12)9(17)13-10(14)18/h1,4,7-8,15-16H,3,5H2,(H,13,17,18)/t7-,8-,11-/m0/s1. The first-order valence-electron chi connectivity index (χ1n) is 5.39. The van der Waals surface area contributed by atoms with Crippen LogP contribution >= 0.6 is 15.9 Å². The first-order chi connectivity index (χ1) is 8.93. The molecule has 0 unspecified atom stereocenters. The van der Waals surface area contributed by atoms with Gasteiger partial charge in [-0.05, 0) is 15.9 Å². The van der Waals surface area contributed by atoms with E-state index in [-0.39, 0.29) is 10.9 Å². The molecular formula is C11H11BrN2O5. The highest BCUT2D eigenvalue weighted by Gasteiger charge is 2.47. The number of nitrogens with zero attached hydrogens (tertiary/aromatic N) is 1. The van der Waals surface area contributed by atoms with Crippen LogP contribution in [0.15, 0.2) is 20.3 Å². The van der Waals surface area contributed by atoms with E-state index in [1.165, 1.54) is 6.20 Å². The van der Waals surface area contributed by atoms with Crippen LogP contribution in [0, 0.1) is 12.3 Å². The molecule has 1 fully saturated rings. The molecule has 1 aromatic rings. The smallest absolute Gasteiger partial charge is 0.330 e. The number of H-pyrrole nitrogens is 1. The molecule has 0 aromatic carbocycles. The highest BCUT2D eigenvalue weighted by molar-refractivity contribution is 9.10. The van der Waals surface area contributed by atoms with Gasteiger partial charge in [0, 0.05) is 12.6 Å². The van der Waals surface area contributed by atoms with Gasteiger partial charge in [0.15, 0.2) is 5.60 Å². The molecular weight excluding hydrogens is 320 g/mol. The van der Waals surface area contributed by atoms with E-state index in [9.17, 15) is 19.8 Å². The van der Waals surface area contributed by atoms with Crippen LogP contribution in [0.3, 0.4) is 0 Å². The molecule has 8 heteroatoms. The van der Waals surface area contributed by atoms with Gasteiger partial charge in [-0.25, -0.2) is 4.79 Å². The second-order valence-electron chi connectivity index (χ2n) is 4.16. The van der Waals surface area contributed by atoms with Crippen LogP contribution in [-0.2, 0) is 4.74 Å². The summed E-state index contributed by atoms with van der Waals surface area (Å²) >= 11 is 2.99. The van der Waals surface area contributed by atoms with Crippen molar-refractivity contribution >= 4 is 15.9 Å². The zero-order valence-corrected chi connectivity index (χ0v) is 11.3. The predicted octanol–water partition coefficient (Wildman–Crippen LogP) is -1.06. The second kappa shape index (κ2) is 4.94. The minimum atomic E-state index is -1.54. The second-order valence-corrected chi connectivity index (χ2v) is 5.01. The van der Waals surface area contributed by atoms with E-state index >= 15 is 0 Å². The average molecular weight is 331 g/mol. The number of rotatable bonds is 2. The Morgan fingerprint density at radius 1 is 1.68 bits per heavy atom. The Bertz CT molecular complexity index is 646. The molecule has 2 rings (SSSR count). The van der Waals surface area contributed by atoms with E-state index in [2.05, 4.69) is 26.8 Å². The minimum Gasteiger partial charge on any atom is -0.392 e. The fraction of sp³-hybridized carbons (Fsp3) is 0.455. The summed E-state index contributed by atoms with van der Waals surface area (Å²) in [5.41, 5.74) is -2.78. The third-order valence-corrected chi connectivity index (χ3v) is 3.59. The quantitative estimate of drug-likeness (QED) is 0.600. The topological polar surface area (TPSA) is 105 Å². The van der Waals surface area contributed by atoms with Crippen LogP contribution in [0.5, 0.6) is 0 Å². The monoisotopic (exact) mass is 330 g/mol. The lowest BCUT2D eigenvalue weighted by molar-refractivity contribution is -0.0913. The average Bonchev–Trinajstić information content (AvgIpc) is 2.71. The van der Waals surface area contributed by atoms with Gasteiger partial charge < -0.3 is 14.9 Å². The number of halogens is 1. The van der Waals surface area contributed by atoms with Gasteiger partial charge >= 0.3 is 5.69 Å². The van der Waals surface area contributed by atoms with Crippen molar-refractivity contribution in [1.82, 2.24) is 9.55 Å². The van der Waals surface area contributed by atoms with Crippen LogP contribution in [0.2, 0.25) is 0 Å². The Hall–Kier alpha value is -1.40. The maximum absolute atomic E-state index is 11.7. The fourth-order valence-corrected chi connectivity index (χ4v) is 2.23. The largest absolute Gasteiger partial charge is 0.392 e. The fourth-order valence-electron chi connectivity index (χ4n) is 1.91. The molecule has 1 aromatic heterocycles. The zero-order valence-electron chi connectivity index (χ0n) is 9.67. The highest BCUT2D eigenvalue weighted by Crippen LogP contribution is 2.35. The van der Waals surface area contributed by atoms with Gasteiger partial charge in [0.05, 0.1) is 11.1 Å². The first kappa shape index (κ1) is 14.0. The van der Waals surface area contributed by atoms with Crippen molar-refractivity contribution in [3.63, 3.8) is 0 Å². The van der Waals surface area contributed by atoms with Gasteiger partial charge in [-0.3, -0.25) is 14.3 Å². The molecule has 0 bridgehead atoms. The Kier molecular flexibility index (Phi) is 3.64. The number of aliphatic hydroxyl groups is 2. The number of hydrogen-bond acceptors (Lipinski definition) is 5. The van der Waals surface area contributed by atoms with Crippen LogP contribution in [0.4, 0.5) is 0 Å². The Morgan fingerprint density at radius 2 is 2.37 bits per heavy atom. The third-order valence-electron chi connectivity index (χ3n) is 3.02. The summed E-state index contributed by atoms with van der Waals surface area (Å²) in [5.74, 6) is 2.20. The number of nitrogens with one attached hydrogen (secondary N) is 1. The summed E-state index contributed by atoms with van der Waals surface area (Å²) in [6, 6.07) is 0. The lowest BCUT2D eigenvalue weighted by Crippen LogP contribution is -2.41. The van der Waals surface area contributed by atoms with Crippen molar-refractivity contribution in [2.24, 2.45) is 0 Å². The number of aromatic amines is 1. The molecule has 0 spiro atoms. The zero-order chi connectivity index (χ0) is 14.2. The van der Waals surface area contributed by atoms with Gasteiger partial charge in [0.25, 0.3) is 5.56 Å². The van der Waals surface area contributed by atoms with Crippen molar-refractivity contribution in [2.75, 3.05) is 6.61 Å². The van der Waals surface area contributed by atoms with Crippen molar-refractivity contribution in [1.29, 1.82) is 0 Å². The van der Waals surface area contributed by atoms with E-state index in [4.69, 9.17) is 11.2 Å². The van der Waals surface area contributed by atoms with Gasteiger partial charge in [-0.2, -0.15) is 0 Å². The molecule has 7 nitrogen and oxygen atoms in total. The molecule has 1 saturated heterocycles. The van der Waals surface area contributed by atoms with E-state index in [1.807, 2.05) is 0 Å². The molecule has 0 aliphatic carbocycles. The third kappa shape index (κ3) is 2.26. The highest BCUT2D eigenvalue weighted by atomic mass is 79.9. The molecule has 0 radical (unpaired) electrons. The lowest BCUT2D eigenvalue weighted by atomic mass is 9.99. The van der Waals surface area contributed by atoms with Crippen molar-refractivity contribution in [2.45, 2.75) is 24.4 Å². The van der Waals surface area contributed by atoms with Crippen LogP contribution in [0.25, 0.3) is 0 Å². The maximum atomic E-state index is 11.7. The van der Waals surface area contributed by atoms with Crippen molar-refractivity contribution in [3.8, 4) is 12.3 Å². The van der Waals surface area contributed by atoms with Crippen LogP contribution < -0.4 is 11.2 Å². The van der Waals surface area contributed by atoms with E-state index < -0.39 is 35.8 Å². The molecule has 19 heavy (non-hydrogen) atoms. The SMILES string of the molecule is C#C[C@@]1(CO)O[C@H](n2cc(Br)c(=O)[nH]c2=O)C[C@@H]1O. The number of ether oxygens (including phenoxy) is 1. The predicted molar refractivity (Wildman–Crippen MR) is 68.4 cm³/mol. The lowest BCUT2D eigenvalue weighted by Gasteiger charge is -2.23. The van der Waals surface area contributed by atoms with E-state index in [0.29, 0.717) is 0 Å². The summed E-state index contributed by atoms with van der Waals surface area (Å²) in [7, 11) is 0. The Morgan fingerprint density at radius 3 is 2.89 bits per heavy atom. The number of hydrogen-bond donors (Lipinski definition) is 3. The van der Waals surface area contributed by atoms with Gasteiger partial charge in [0.2, 0.25) is 0 Å². The molecule has 3 N–H and O–H groups in total. The minimum absolute atomic E-state index is 0.0309. The Balaban J connectivity index is 2.42. The summed E-state index contributed by atoms with van der Waals surface area (Å²) in [6.45, 7) is -0.569. The summed E-state index contributed by atoms with van der Waals surface area (Å²) in [5, 5.41) is 19.1. The summed E-state index contributed by atoms with van der Waals surface area (Å²) in [4.78, 5) is 25.0.